The summed E-state index contributed by atoms with van der Waals surface area (Å²) in [7, 11) is 0. The quantitative estimate of drug-likeness (QED) is 0.337. The summed E-state index contributed by atoms with van der Waals surface area (Å²) in [6.45, 7) is 0. The Hall–Kier alpha value is -4.17. The molecule has 2 fully saturated rings. The number of carbonyl (C=O) groups is 2. The van der Waals surface area contributed by atoms with Gasteiger partial charge in [-0.25, -0.2) is 9.96 Å². The average molecular weight is 488 g/mol. The second kappa shape index (κ2) is 8.20. The first-order valence-corrected chi connectivity index (χ1v) is 11.4. The van der Waals surface area contributed by atoms with E-state index in [0.717, 1.165) is 33.4 Å². The molecule has 180 valence electrons. The van der Waals surface area contributed by atoms with E-state index in [1.165, 1.54) is 12.1 Å². The van der Waals surface area contributed by atoms with Gasteiger partial charge in [0, 0.05) is 0 Å². The lowest BCUT2D eigenvalue weighted by molar-refractivity contribution is -0.137. The van der Waals surface area contributed by atoms with Crippen LogP contribution in [0, 0.1) is 5.92 Å². The molecule has 0 aromatic heterocycles. The maximum Gasteiger partial charge on any atom is 0.416 e. The van der Waals surface area contributed by atoms with Gasteiger partial charge in [-0.05, 0) is 46.7 Å². The maximum absolute atomic E-state index is 13.8. The predicted molar refractivity (Wildman–Crippen MR) is 128 cm³/mol. The third-order valence-electron chi connectivity index (χ3n) is 6.70. The van der Waals surface area contributed by atoms with Crippen molar-refractivity contribution in [1.82, 2.24) is 0 Å². The lowest BCUT2D eigenvalue weighted by Gasteiger charge is -2.29. The molecular formula is C28H19F3N2O3. The minimum absolute atomic E-state index is 0.124. The SMILES string of the molecule is O=C1[C@H]2[C@H](ON(c3ccccc3)[C@H]2c2cccc3ccccc23)C(=O)N1c1cccc(C(F)(F)F)c1. The van der Waals surface area contributed by atoms with Gasteiger partial charge in [0.2, 0.25) is 5.91 Å². The first-order valence-electron chi connectivity index (χ1n) is 11.4. The summed E-state index contributed by atoms with van der Waals surface area (Å²) in [4.78, 5) is 34.2. The summed E-state index contributed by atoms with van der Waals surface area (Å²) in [5.74, 6) is -2.23. The highest BCUT2D eigenvalue weighted by Gasteiger charge is 2.60. The summed E-state index contributed by atoms with van der Waals surface area (Å²) in [6.07, 6.45) is -5.78. The Kier molecular flexibility index (Phi) is 5.08. The lowest BCUT2D eigenvalue weighted by Crippen LogP contribution is -2.37. The number of anilines is 2. The number of hydrogen-bond donors (Lipinski definition) is 0. The van der Waals surface area contributed by atoms with Crippen molar-refractivity contribution in [2.24, 2.45) is 5.92 Å². The summed E-state index contributed by atoms with van der Waals surface area (Å²) >= 11 is 0. The zero-order valence-electron chi connectivity index (χ0n) is 18.7. The van der Waals surface area contributed by atoms with Crippen LogP contribution in [0.3, 0.4) is 0 Å². The van der Waals surface area contributed by atoms with Crippen LogP contribution < -0.4 is 9.96 Å². The number of nitrogens with zero attached hydrogens (tertiary/aromatic N) is 2. The van der Waals surface area contributed by atoms with Gasteiger partial charge in [0.25, 0.3) is 5.91 Å². The average Bonchev–Trinajstić information content (AvgIpc) is 3.39. The third kappa shape index (κ3) is 3.45. The molecule has 0 unspecified atom stereocenters. The van der Waals surface area contributed by atoms with Crippen LogP contribution in [-0.4, -0.2) is 17.9 Å². The number of hydrogen-bond acceptors (Lipinski definition) is 4. The highest BCUT2D eigenvalue weighted by Crippen LogP contribution is 2.49. The number of benzene rings is 4. The molecule has 2 saturated heterocycles. The van der Waals surface area contributed by atoms with Gasteiger partial charge in [0.05, 0.1) is 23.0 Å². The molecule has 8 heteroatoms. The Morgan fingerprint density at radius 2 is 1.39 bits per heavy atom. The smallest absolute Gasteiger partial charge is 0.273 e. The fourth-order valence-electron chi connectivity index (χ4n) is 5.11. The van der Waals surface area contributed by atoms with Gasteiger partial charge in [-0.2, -0.15) is 13.2 Å². The minimum atomic E-state index is -4.61. The molecule has 0 radical (unpaired) electrons. The highest BCUT2D eigenvalue weighted by molar-refractivity contribution is 6.24. The maximum atomic E-state index is 13.8. The number of para-hydroxylation sites is 1. The summed E-state index contributed by atoms with van der Waals surface area (Å²) in [6, 6.07) is 26.1. The molecular weight excluding hydrogens is 469 g/mol. The topological polar surface area (TPSA) is 49.9 Å². The predicted octanol–water partition coefficient (Wildman–Crippen LogP) is 5.91. The number of imide groups is 1. The largest absolute Gasteiger partial charge is 0.416 e. The normalized spacial score (nSPS) is 21.9. The Morgan fingerprint density at radius 1 is 0.722 bits per heavy atom. The Labute approximate surface area is 204 Å². The molecule has 0 saturated carbocycles. The number of fused-ring (bicyclic) bond motifs is 2. The number of amides is 2. The molecule has 2 aliphatic rings. The van der Waals surface area contributed by atoms with Gasteiger partial charge < -0.3 is 0 Å². The third-order valence-corrected chi connectivity index (χ3v) is 6.70. The van der Waals surface area contributed by atoms with E-state index < -0.39 is 41.6 Å². The van der Waals surface area contributed by atoms with Crippen LogP contribution in [0.1, 0.15) is 17.2 Å². The molecule has 2 heterocycles. The van der Waals surface area contributed by atoms with Gasteiger partial charge in [-0.1, -0.05) is 66.7 Å². The van der Waals surface area contributed by atoms with Gasteiger partial charge >= 0.3 is 6.18 Å². The van der Waals surface area contributed by atoms with E-state index in [1.807, 2.05) is 72.8 Å². The first kappa shape index (κ1) is 22.3. The number of rotatable bonds is 3. The molecule has 2 aliphatic heterocycles. The van der Waals surface area contributed by atoms with Crippen molar-refractivity contribution in [2.45, 2.75) is 18.3 Å². The van der Waals surface area contributed by atoms with Crippen LogP contribution in [0.15, 0.2) is 97.1 Å². The summed E-state index contributed by atoms with van der Waals surface area (Å²) in [5.41, 5.74) is 0.392. The number of alkyl halides is 3. The van der Waals surface area contributed by atoms with Crippen LogP contribution in [0.25, 0.3) is 10.8 Å². The van der Waals surface area contributed by atoms with Crippen LogP contribution in [0.4, 0.5) is 24.5 Å². The molecule has 3 atom stereocenters. The van der Waals surface area contributed by atoms with Crippen molar-refractivity contribution in [3.63, 3.8) is 0 Å². The summed E-state index contributed by atoms with van der Waals surface area (Å²) in [5, 5.41) is 3.43. The van der Waals surface area contributed by atoms with E-state index in [4.69, 9.17) is 4.84 Å². The van der Waals surface area contributed by atoms with Gasteiger partial charge in [0.15, 0.2) is 6.10 Å². The van der Waals surface area contributed by atoms with E-state index >= 15 is 0 Å². The molecule has 4 aromatic rings. The van der Waals surface area contributed by atoms with Crippen molar-refractivity contribution in [1.29, 1.82) is 0 Å². The van der Waals surface area contributed by atoms with Crippen LogP contribution >= 0.6 is 0 Å². The summed E-state index contributed by atoms with van der Waals surface area (Å²) < 4.78 is 40.0. The van der Waals surface area contributed by atoms with Crippen molar-refractivity contribution in [2.75, 3.05) is 9.96 Å². The van der Waals surface area contributed by atoms with E-state index in [2.05, 4.69) is 0 Å². The Morgan fingerprint density at radius 3 is 2.17 bits per heavy atom. The molecule has 36 heavy (non-hydrogen) atoms. The Bertz CT molecular complexity index is 1480. The van der Waals surface area contributed by atoms with Crippen molar-refractivity contribution in [3.05, 3.63) is 108 Å². The van der Waals surface area contributed by atoms with Gasteiger partial charge in [-0.3, -0.25) is 14.4 Å². The Balaban J connectivity index is 1.48. The van der Waals surface area contributed by atoms with Gasteiger partial charge in [0.1, 0.15) is 5.92 Å². The lowest BCUT2D eigenvalue weighted by atomic mass is 9.87. The molecule has 0 spiro atoms. The molecule has 0 N–H and O–H groups in total. The molecule has 6 rings (SSSR count). The van der Waals surface area contributed by atoms with Crippen molar-refractivity contribution >= 4 is 34.0 Å². The van der Waals surface area contributed by atoms with Crippen LogP contribution in [0.2, 0.25) is 0 Å². The van der Waals surface area contributed by atoms with E-state index in [-0.39, 0.29) is 5.69 Å². The van der Waals surface area contributed by atoms with Crippen LogP contribution in [0.5, 0.6) is 0 Å². The fraction of sp³-hybridized carbons (Fsp3) is 0.143. The van der Waals surface area contributed by atoms with Crippen molar-refractivity contribution in [3.8, 4) is 0 Å². The van der Waals surface area contributed by atoms with Crippen LogP contribution in [-0.2, 0) is 20.6 Å². The van der Waals surface area contributed by atoms with E-state index in [0.29, 0.717) is 5.69 Å². The minimum Gasteiger partial charge on any atom is -0.273 e. The molecule has 0 aliphatic carbocycles. The highest BCUT2D eigenvalue weighted by atomic mass is 19.4. The number of hydroxylamine groups is 1. The second-order valence-electron chi connectivity index (χ2n) is 8.79. The molecule has 4 aromatic carbocycles. The first-order chi connectivity index (χ1) is 17.3. The molecule has 2 amide bonds. The monoisotopic (exact) mass is 488 g/mol. The standard InChI is InChI=1S/C28H19F3N2O3/c29-28(30,31)18-10-7-13-20(16-18)32-26(34)23-24(22-15-6-9-17-8-4-5-14-21(17)22)33(36-25(23)27(32)35)19-11-2-1-3-12-19/h1-16,23-25H/t23-,24+,25+/m1/s1. The second-order valence-corrected chi connectivity index (χ2v) is 8.79. The van der Waals surface area contributed by atoms with Gasteiger partial charge in [-0.15, -0.1) is 0 Å². The molecule has 5 nitrogen and oxygen atoms in total. The van der Waals surface area contributed by atoms with E-state index in [9.17, 15) is 22.8 Å². The van der Waals surface area contributed by atoms with Crippen molar-refractivity contribution < 1.29 is 27.6 Å². The zero-order valence-corrected chi connectivity index (χ0v) is 18.7. The zero-order chi connectivity index (χ0) is 25.0. The molecule has 0 bridgehead atoms. The number of halogens is 3. The van der Waals surface area contributed by atoms with E-state index in [1.54, 1.807) is 5.06 Å². The number of carbonyl (C=O) groups excluding carboxylic acids is 2. The fourth-order valence-corrected chi connectivity index (χ4v) is 5.11.